The minimum Gasteiger partial charge on any atom is -0.368 e. The van der Waals surface area contributed by atoms with Gasteiger partial charge in [-0.05, 0) is 55.5 Å². The van der Waals surface area contributed by atoms with Crippen LogP contribution in [0.25, 0.3) is 0 Å². The number of benzene rings is 2. The molecule has 2 aromatic rings. The number of amides is 1. The highest BCUT2D eigenvalue weighted by atomic mass is 35.5. The third kappa shape index (κ3) is 5.53. The lowest BCUT2D eigenvalue weighted by molar-refractivity contribution is -0.137. The van der Waals surface area contributed by atoms with E-state index in [4.69, 9.17) is 11.6 Å². The number of piperidine rings is 1. The molecular formula is C25H32ClN3O3S. The zero-order valence-electron chi connectivity index (χ0n) is 19.3. The largest absolute Gasteiger partial charge is 0.368 e. The predicted octanol–water partition coefficient (Wildman–Crippen LogP) is 3.85. The van der Waals surface area contributed by atoms with Gasteiger partial charge in [-0.25, -0.2) is 12.7 Å². The van der Waals surface area contributed by atoms with Crippen molar-refractivity contribution in [3.8, 4) is 0 Å². The van der Waals surface area contributed by atoms with Crippen LogP contribution in [0.15, 0.2) is 42.5 Å². The van der Waals surface area contributed by atoms with Gasteiger partial charge in [-0.3, -0.25) is 4.79 Å². The average Bonchev–Trinajstić information content (AvgIpc) is 2.82. The van der Waals surface area contributed by atoms with Crippen molar-refractivity contribution in [2.45, 2.75) is 32.4 Å². The Hall–Kier alpha value is -2.09. The maximum atomic E-state index is 13.1. The molecule has 0 saturated carbocycles. The molecule has 4 rings (SSSR count). The fourth-order valence-corrected chi connectivity index (χ4v) is 6.62. The number of aryl methyl sites for hydroxylation is 2. The van der Waals surface area contributed by atoms with Gasteiger partial charge in [0.15, 0.2) is 0 Å². The van der Waals surface area contributed by atoms with Crippen LogP contribution in [0.5, 0.6) is 0 Å². The van der Waals surface area contributed by atoms with Crippen molar-refractivity contribution in [2.75, 3.05) is 44.2 Å². The Morgan fingerprint density at radius 2 is 1.61 bits per heavy atom. The van der Waals surface area contributed by atoms with E-state index in [9.17, 15) is 13.2 Å². The van der Waals surface area contributed by atoms with Gasteiger partial charge in [-0.15, -0.1) is 0 Å². The number of carbonyl (C=O) groups excluding carboxylic acids is 1. The molecule has 2 aliphatic rings. The second-order valence-electron chi connectivity index (χ2n) is 9.10. The number of hydrogen-bond donors (Lipinski definition) is 0. The van der Waals surface area contributed by atoms with Gasteiger partial charge in [-0.1, -0.05) is 41.9 Å². The van der Waals surface area contributed by atoms with Crippen molar-refractivity contribution in [2.24, 2.45) is 5.92 Å². The lowest BCUT2D eigenvalue weighted by Gasteiger charge is -2.39. The molecule has 1 amide bonds. The van der Waals surface area contributed by atoms with Crippen LogP contribution in [-0.4, -0.2) is 62.8 Å². The molecule has 0 radical (unpaired) electrons. The van der Waals surface area contributed by atoms with Crippen molar-refractivity contribution in [3.05, 3.63) is 64.2 Å². The molecule has 2 heterocycles. The van der Waals surface area contributed by atoms with Crippen molar-refractivity contribution >= 4 is 33.2 Å². The van der Waals surface area contributed by atoms with Gasteiger partial charge in [0, 0.05) is 55.9 Å². The topological polar surface area (TPSA) is 60.9 Å². The van der Waals surface area contributed by atoms with E-state index >= 15 is 0 Å². The van der Waals surface area contributed by atoms with Crippen LogP contribution in [0, 0.1) is 19.8 Å². The molecule has 0 aromatic heterocycles. The van der Waals surface area contributed by atoms with Gasteiger partial charge in [0.25, 0.3) is 0 Å². The fourth-order valence-electron chi connectivity index (χ4n) is 4.79. The summed E-state index contributed by atoms with van der Waals surface area (Å²) < 4.78 is 27.4. The predicted molar refractivity (Wildman–Crippen MR) is 133 cm³/mol. The van der Waals surface area contributed by atoms with E-state index in [1.165, 1.54) is 5.56 Å². The smallest absolute Gasteiger partial charge is 0.225 e. The molecule has 0 unspecified atom stereocenters. The highest BCUT2D eigenvalue weighted by Gasteiger charge is 2.34. The molecule has 0 spiro atoms. The SMILES string of the molecule is Cc1ccccc1CS(=O)(=O)N1CCC(C(=O)N2CCN(c3cc(Cl)ccc3C)CC2)CC1. The zero-order chi connectivity index (χ0) is 23.6. The van der Waals surface area contributed by atoms with E-state index in [1.807, 2.05) is 54.3 Å². The monoisotopic (exact) mass is 489 g/mol. The average molecular weight is 490 g/mol. The first-order chi connectivity index (χ1) is 15.7. The van der Waals surface area contributed by atoms with Gasteiger partial charge in [0.2, 0.25) is 15.9 Å². The van der Waals surface area contributed by atoms with Crippen LogP contribution in [0.1, 0.15) is 29.5 Å². The summed E-state index contributed by atoms with van der Waals surface area (Å²) in [7, 11) is -3.39. The standard InChI is InChI=1S/C25H32ClN3O3S/c1-19-5-3-4-6-22(19)18-33(31,32)29-11-9-21(10-12-29)25(30)28-15-13-27(14-16-28)24-17-23(26)8-7-20(24)2/h3-8,17,21H,9-16,18H2,1-2H3. The van der Waals surface area contributed by atoms with Crippen LogP contribution in [-0.2, 0) is 20.6 Å². The van der Waals surface area contributed by atoms with Crippen molar-refractivity contribution in [1.82, 2.24) is 9.21 Å². The first-order valence-corrected chi connectivity index (χ1v) is 13.6. The van der Waals surface area contributed by atoms with E-state index in [1.54, 1.807) is 4.31 Å². The number of hydrogen-bond acceptors (Lipinski definition) is 4. The Morgan fingerprint density at radius 1 is 0.939 bits per heavy atom. The lowest BCUT2D eigenvalue weighted by atomic mass is 9.96. The number of halogens is 1. The Bertz CT molecular complexity index is 1110. The summed E-state index contributed by atoms with van der Waals surface area (Å²) in [6.07, 6.45) is 1.17. The molecule has 0 aliphatic carbocycles. The summed E-state index contributed by atoms with van der Waals surface area (Å²) in [5.74, 6) is 0.0752. The van der Waals surface area contributed by atoms with E-state index in [0.29, 0.717) is 39.0 Å². The van der Waals surface area contributed by atoms with Crippen LogP contribution >= 0.6 is 11.6 Å². The Morgan fingerprint density at radius 3 is 2.27 bits per heavy atom. The lowest BCUT2D eigenvalue weighted by Crippen LogP contribution is -2.52. The third-order valence-electron chi connectivity index (χ3n) is 6.90. The molecule has 178 valence electrons. The van der Waals surface area contributed by atoms with Gasteiger partial charge >= 0.3 is 0 Å². The number of anilines is 1. The Kier molecular flexibility index (Phi) is 7.31. The van der Waals surface area contributed by atoms with E-state index in [0.717, 1.165) is 34.9 Å². The first-order valence-electron chi connectivity index (χ1n) is 11.6. The number of nitrogens with zero attached hydrogens (tertiary/aromatic N) is 3. The molecule has 2 saturated heterocycles. The molecule has 0 atom stereocenters. The van der Waals surface area contributed by atoms with Crippen molar-refractivity contribution < 1.29 is 13.2 Å². The molecule has 2 fully saturated rings. The highest BCUT2D eigenvalue weighted by molar-refractivity contribution is 7.88. The molecule has 33 heavy (non-hydrogen) atoms. The van der Waals surface area contributed by atoms with E-state index in [2.05, 4.69) is 11.8 Å². The zero-order valence-corrected chi connectivity index (χ0v) is 20.9. The maximum absolute atomic E-state index is 13.1. The maximum Gasteiger partial charge on any atom is 0.225 e. The molecule has 8 heteroatoms. The third-order valence-corrected chi connectivity index (χ3v) is 8.96. The minimum absolute atomic E-state index is 0.0170. The summed E-state index contributed by atoms with van der Waals surface area (Å²) in [5, 5.41) is 0.721. The molecule has 0 bridgehead atoms. The second-order valence-corrected chi connectivity index (χ2v) is 11.5. The molecule has 2 aliphatic heterocycles. The van der Waals surface area contributed by atoms with E-state index in [-0.39, 0.29) is 17.6 Å². The Balaban J connectivity index is 1.30. The van der Waals surface area contributed by atoms with E-state index < -0.39 is 10.0 Å². The van der Waals surface area contributed by atoms with Gasteiger partial charge in [0.05, 0.1) is 5.75 Å². The van der Waals surface area contributed by atoms with Crippen LogP contribution in [0.4, 0.5) is 5.69 Å². The quantitative estimate of drug-likeness (QED) is 0.640. The van der Waals surface area contributed by atoms with Gasteiger partial charge < -0.3 is 9.80 Å². The van der Waals surface area contributed by atoms with Crippen LogP contribution < -0.4 is 4.90 Å². The number of sulfonamides is 1. The van der Waals surface area contributed by atoms with Crippen molar-refractivity contribution in [3.63, 3.8) is 0 Å². The summed E-state index contributed by atoms with van der Waals surface area (Å²) in [4.78, 5) is 17.4. The minimum atomic E-state index is -3.39. The molecular weight excluding hydrogens is 458 g/mol. The normalized spacial score (nSPS) is 18.5. The number of rotatable bonds is 5. The van der Waals surface area contributed by atoms with Gasteiger partial charge in [0.1, 0.15) is 0 Å². The number of piperazine rings is 1. The first kappa shape index (κ1) is 24.0. The van der Waals surface area contributed by atoms with Crippen LogP contribution in [0.3, 0.4) is 0 Å². The highest BCUT2D eigenvalue weighted by Crippen LogP contribution is 2.27. The summed E-state index contributed by atoms with van der Waals surface area (Å²) >= 11 is 6.18. The van der Waals surface area contributed by atoms with Crippen LogP contribution in [0.2, 0.25) is 5.02 Å². The van der Waals surface area contributed by atoms with Crippen molar-refractivity contribution in [1.29, 1.82) is 0 Å². The number of carbonyl (C=O) groups is 1. The molecule has 0 N–H and O–H groups in total. The summed E-state index contributed by atoms with van der Waals surface area (Å²) in [6, 6.07) is 13.5. The van der Waals surface area contributed by atoms with Gasteiger partial charge in [-0.2, -0.15) is 0 Å². The molecule has 2 aromatic carbocycles. The summed E-state index contributed by atoms with van der Waals surface area (Å²) in [5.41, 5.74) is 4.13. The second kappa shape index (κ2) is 10.0. The Labute approximate surface area is 202 Å². The molecule has 6 nitrogen and oxygen atoms in total. The summed E-state index contributed by atoms with van der Waals surface area (Å²) in [6.45, 7) is 7.73. The fraction of sp³-hybridized carbons (Fsp3) is 0.480.